The van der Waals surface area contributed by atoms with Gasteiger partial charge in [-0.25, -0.2) is 9.59 Å². The highest BCUT2D eigenvalue weighted by Crippen LogP contribution is 2.50. The van der Waals surface area contributed by atoms with Gasteiger partial charge in [-0.05, 0) is 69.0 Å². The number of fused-ring (bicyclic) bond motifs is 1. The number of anilines is 1. The molecular formula is C31H36F6N2O6. The van der Waals surface area contributed by atoms with Gasteiger partial charge in [0.1, 0.15) is 5.75 Å². The molecule has 0 saturated heterocycles. The Morgan fingerprint density at radius 1 is 1.00 bits per heavy atom. The van der Waals surface area contributed by atoms with Gasteiger partial charge in [-0.3, -0.25) is 9.80 Å². The standard InChI is InChI=1S/C31H36F6N2O6/c1-5-45-28(42)39-18(2)10-24(22-14-26(43-3)23(15-25(22)39)29(17-40)8-6-7-9-29)38(27(41)44-4)16-19-11-20(30(32,33)34)13-21(12-19)31(35,36)37/h11-15,18,24,40H,5-10,16-17H2,1-4H3. The van der Waals surface area contributed by atoms with Crippen LogP contribution < -0.4 is 9.64 Å². The lowest BCUT2D eigenvalue weighted by Crippen LogP contribution is -2.48. The van der Waals surface area contributed by atoms with Crippen LogP contribution in [0.2, 0.25) is 0 Å². The van der Waals surface area contributed by atoms with Crippen molar-refractivity contribution in [3.63, 3.8) is 0 Å². The number of aliphatic hydroxyl groups excluding tert-OH is 1. The molecule has 45 heavy (non-hydrogen) atoms. The zero-order valence-electron chi connectivity index (χ0n) is 25.3. The van der Waals surface area contributed by atoms with E-state index >= 15 is 0 Å². The summed E-state index contributed by atoms with van der Waals surface area (Å²) >= 11 is 0. The van der Waals surface area contributed by atoms with Crippen LogP contribution in [0.4, 0.5) is 41.6 Å². The molecule has 0 spiro atoms. The van der Waals surface area contributed by atoms with E-state index in [0.29, 0.717) is 47.5 Å². The van der Waals surface area contributed by atoms with E-state index in [9.17, 15) is 41.0 Å². The van der Waals surface area contributed by atoms with Gasteiger partial charge in [0.25, 0.3) is 0 Å². The zero-order valence-corrected chi connectivity index (χ0v) is 25.3. The van der Waals surface area contributed by atoms with E-state index in [2.05, 4.69) is 0 Å². The normalized spacial score (nSPS) is 19.6. The van der Waals surface area contributed by atoms with E-state index in [4.69, 9.17) is 14.2 Å². The molecule has 1 fully saturated rings. The fourth-order valence-corrected chi connectivity index (χ4v) is 6.49. The summed E-state index contributed by atoms with van der Waals surface area (Å²) in [5.74, 6) is 0.358. The molecule has 14 heteroatoms. The van der Waals surface area contributed by atoms with Gasteiger partial charge in [0.05, 0.1) is 50.3 Å². The molecule has 8 nitrogen and oxygen atoms in total. The van der Waals surface area contributed by atoms with Crippen molar-refractivity contribution in [1.82, 2.24) is 4.90 Å². The minimum Gasteiger partial charge on any atom is -0.496 e. The predicted molar refractivity (Wildman–Crippen MR) is 151 cm³/mol. The second-order valence-corrected chi connectivity index (χ2v) is 11.4. The maximum Gasteiger partial charge on any atom is 0.416 e. The SMILES string of the molecule is CCOC(=O)N1c2cc(C3(CO)CCCC3)c(OC)cc2C(N(Cc2cc(C(F)(F)F)cc(C(F)(F)F)c2)C(=O)OC)CC1C. The van der Waals surface area contributed by atoms with Crippen molar-refractivity contribution >= 4 is 17.9 Å². The number of alkyl halides is 6. The van der Waals surface area contributed by atoms with Gasteiger partial charge in [0.15, 0.2) is 0 Å². The molecule has 0 aromatic heterocycles. The van der Waals surface area contributed by atoms with Crippen LogP contribution in [0.1, 0.15) is 79.8 Å². The second-order valence-electron chi connectivity index (χ2n) is 11.4. The molecule has 4 rings (SSSR count). The number of rotatable bonds is 7. The van der Waals surface area contributed by atoms with Crippen molar-refractivity contribution in [2.24, 2.45) is 0 Å². The molecule has 1 heterocycles. The van der Waals surface area contributed by atoms with Crippen molar-refractivity contribution in [3.05, 3.63) is 58.1 Å². The summed E-state index contributed by atoms with van der Waals surface area (Å²) < 4.78 is 97.8. The van der Waals surface area contributed by atoms with Gasteiger partial charge < -0.3 is 19.3 Å². The van der Waals surface area contributed by atoms with Gasteiger partial charge in [-0.2, -0.15) is 26.3 Å². The maximum atomic E-state index is 13.6. The Morgan fingerprint density at radius 2 is 1.60 bits per heavy atom. The quantitative estimate of drug-likeness (QED) is 0.312. The van der Waals surface area contributed by atoms with Crippen molar-refractivity contribution < 1.29 is 55.2 Å². The molecule has 1 N–H and O–H groups in total. The summed E-state index contributed by atoms with van der Waals surface area (Å²) in [6.45, 7) is 2.54. The van der Waals surface area contributed by atoms with E-state index in [1.165, 1.54) is 12.0 Å². The van der Waals surface area contributed by atoms with E-state index in [-0.39, 0.29) is 25.7 Å². The van der Waals surface area contributed by atoms with Crippen molar-refractivity contribution in [2.75, 3.05) is 32.3 Å². The maximum absolute atomic E-state index is 13.6. The summed E-state index contributed by atoms with van der Waals surface area (Å²) in [5, 5.41) is 10.5. The number of benzene rings is 2. The molecule has 2 unspecified atom stereocenters. The molecule has 2 amide bonds. The summed E-state index contributed by atoms with van der Waals surface area (Å²) in [6.07, 6.45) is -8.77. The van der Waals surface area contributed by atoms with Crippen LogP contribution >= 0.6 is 0 Å². The molecule has 0 radical (unpaired) electrons. The Morgan fingerprint density at radius 3 is 2.09 bits per heavy atom. The molecule has 1 aliphatic heterocycles. The van der Waals surface area contributed by atoms with Crippen LogP contribution in [0, 0.1) is 0 Å². The number of nitrogens with zero attached hydrogens (tertiary/aromatic N) is 2. The Bertz CT molecular complexity index is 1370. The van der Waals surface area contributed by atoms with Gasteiger partial charge >= 0.3 is 24.5 Å². The lowest BCUT2D eigenvalue weighted by molar-refractivity contribution is -0.143. The monoisotopic (exact) mass is 646 g/mol. The molecule has 0 bridgehead atoms. The van der Waals surface area contributed by atoms with Crippen molar-refractivity contribution in [2.45, 2.75) is 82.3 Å². The van der Waals surface area contributed by atoms with E-state index in [1.807, 2.05) is 0 Å². The lowest BCUT2D eigenvalue weighted by Gasteiger charge is -2.43. The summed E-state index contributed by atoms with van der Waals surface area (Å²) in [7, 11) is 2.48. The number of methoxy groups -OCH3 is 2. The number of carbonyl (C=O) groups is 2. The topological polar surface area (TPSA) is 88.5 Å². The Kier molecular flexibility index (Phi) is 9.86. The van der Waals surface area contributed by atoms with Crippen LogP contribution in [-0.4, -0.2) is 55.7 Å². The third kappa shape index (κ3) is 6.80. The highest BCUT2D eigenvalue weighted by atomic mass is 19.4. The first-order valence-corrected chi connectivity index (χ1v) is 14.5. The zero-order chi connectivity index (χ0) is 33.3. The smallest absolute Gasteiger partial charge is 0.416 e. The fourth-order valence-electron chi connectivity index (χ4n) is 6.49. The van der Waals surface area contributed by atoms with Crippen LogP contribution in [0.25, 0.3) is 0 Å². The molecule has 248 valence electrons. The lowest BCUT2D eigenvalue weighted by atomic mass is 9.77. The highest BCUT2D eigenvalue weighted by Gasteiger charge is 2.44. The third-order valence-electron chi connectivity index (χ3n) is 8.66. The Labute approximate surface area is 256 Å². The Hall–Kier alpha value is -3.68. The van der Waals surface area contributed by atoms with Crippen LogP contribution in [0.15, 0.2) is 30.3 Å². The van der Waals surface area contributed by atoms with E-state index in [1.54, 1.807) is 26.0 Å². The van der Waals surface area contributed by atoms with Gasteiger partial charge in [-0.1, -0.05) is 12.8 Å². The number of ether oxygens (including phenoxy) is 3. The van der Waals surface area contributed by atoms with Crippen molar-refractivity contribution in [3.8, 4) is 5.75 Å². The van der Waals surface area contributed by atoms with E-state index < -0.39 is 65.3 Å². The minimum atomic E-state index is -5.08. The largest absolute Gasteiger partial charge is 0.496 e. The first-order chi connectivity index (χ1) is 21.1. The van der Waals surface area contributed by atoms with Crippen LogP contribution in [-0.2, 0) is 33.8 Å². The average molecular weight is 647 g/mol. The van der Waals surface area contributed by atoms with E-state index in [0.717, 1.165) is 24.9 Å². The average Bonchev–Trinajstić information content (AvgIpc) is 3.48. The number of halogens is 6. The summed E-state index contributed by atoms with van der Waals surface area (Å²) in [6, 6.07) is 2.87. The molecule has 2 aromatic rings. The van der Waals surface area contributed by atoms with Gasteiger partial charge in [0, 0.05) is 29.1 Å². The molecule has 2 aromatic carbocycles. The van der Waals surface area contributed by atoms with Crippen LogP contribution in [0.3, 0.4) is 0 Å². The number of hydrogen-bond acceptors (Lipinski definition) is 6. The molecule has 1 aliphatic carbocycles. The fraction of sp³-hybridized carbons (Fsp3) is 0.548. The number of aliphatic hydroxyl groups is 1. The molecule has 1 saturated carbocycles. The molecule has 2 atom stereocenters. The first kappa shape index (κ1) is 34.2. The predicted octanol–water partition coefficient (Wildman–Crippen LogP) is 7.60. The molecular weight excluding hydrogens is 610 g/mol. The summed E-state index contributed by atoms with van der Waals surface area (Å²) in [4.78, 5) is 28.9. The third-order valence-corrected chi connectivity index (χ3v) is 8.66. The van der Waals surface area contributed by atoms with Crippen LogP contribution in [0.5, 0.6) is 5.75 Å². The van der Waals surface area contributed by atoms with Gasteiger partial charge in [-0.15, -0.1) is 0 Å². The number of amides is 2. The Balaban J connectivity index is 1.91. The molecule has 2 aliphatic rings. The first-order valence-electron chi connectivity index (χ1n) is 14.5. The number of hydrogen-bond donors (Lipinski definition) is 1. The highest BCUT2D eigenvalue weighted by molar-refractivity contribution is 5.91. The number of carbonyl (C=O) groups excluding carboxylic acids is 2. The second kappa shape index (κ2) is 13.0. The minimum absolute atomic E-state index is 0.0214. The van der Waals surface area contributed by atoms with Gasteiger partial charge in [0.2, 0.25) is 0 Å². The van der Waals surface area contributed by atoms with Crippen molar-refractivity contribution in [1.29, 1.82) is 0 Å². The summed E-state index contributed by atoms with van der Waals surface area (Å²) in [5.41, 5.74) is -2.80.